The highest BCUT2D eigenvalue weighted by Crippen LogP contribution is 2.13. The minimum absolute atomic E-state index is 0.301. The Hall–Kier alpha value is -2.02. The van der Waals surface area contributed by atoms with Crippen LogP contribution in [-0.4, -0.2) is 12.5 Å². The number of carbonyl (C=O) groups excluding carboxylic acids is 1. The molecule has 0 saturated carbocycles. The van der Waals surface area contributed by atoms with E-state index in [-0.39, 0.29) is 5.91 Å². The highest BCUT2D eigenvalue weighted by atomic mass is 16.1. The summed E-state index contributed by atoms with van der Waals surface area (Å²) in [6.07, 6.45) is 1.04. The number of nitrogens with zero attached hydrogens (tertiary/aromatic N) is 1. The second kappa shape index (κ2) is 5.66. The molecule has 0 bridgehead atoms. The molecular formula is C11H13N3O. The third-order valence-corrected chi connectivity index (χ3v) is 1.96. The Balaban J connectivity index is 2.44. The van der Waals surface area contributed by atoms with Crippen molar-refractivity contribution in [2.75, 3.05) is 11.9 Å². The maximum absolute atomic E-state index is 10.5. The molecule has 1 rings (SSSR count). The average molecular weight is 203 g/mol. The van der Waals surface area contributed by atoms with Crippen molar-refractivity contribution in [2.45, 2.75) is 12.8 Å². The normalized spacial score (nSPS) is 9.27. The number of amides is 1. The summed E-state index contributed by atoms with van der Waals surface area (Å²) in [7, 11) is 0. The van der Waals surface area contributed by atoms with Gasteiger partial charge >= 0.3 is 0 Å². The van der Waals surface area contributed by atoms with E-state index < -0.39 is 0 Å². The second-order valence-corrected chi connectivity index (χ2v) is 3.15. The van der Waals surface area contributed by atoms with Gasteiger partial charge in [-0.2, -0.15) is 5.26 Å². The fourth-order valence-corrected chi connectivity index (χ4v) is 1.22. The molecule has 0 aromatic heterocycles. The molecule has 1 amide bonds. The molecule has 15 heavy (non-hydrogen) atoms. The third kappa shape index (κ3) is 3.69. The van der Waals surface area contributed by atoms with E-state index >= 15 is 0 Å². The zero-order valence-corrected chi connectivity index (χ0v) is 8.36. The fraction of sp³-hybridized carbons (Fsp3) is 0.273. The first kappa shape index (κ1) is 11.1. The molecule has 4 heteroatoms. The van der Waals surface area contributed by atoms with E-state index in [1.165, 1.54) is 0 Å². The van der Waals surface area contributed by atoms with Crippen LogP contribution in [0, 0.1) is 11.3 Å². The molecule has 0 unspecified atom stereocenters. The second-order valence-electron chi connectivity index (χ2n) is 3.15. The molecule has 78 valence electrons. The lowest BCUT2D eigenvalue weighted by molar-refractivity contribution is -0.118. The summed E-state index contributed by atoms with van der Waals surface area (Å²) < 4.78 is 0. The summed E-state index contributed by atoms with van der Waals surface area (Å²) >= 11 is 0. The largest absolute Gasteiger partial charge is 0.384 e. The minimum Gasteiger partial charge on any atom is -0.384 e. The van der Waals surface area contributed by atoms with Gasteiger partial charge in [-0.05, 0) is 18.6 Å². The topological polar surface area (TPSA) is 78.9 Å². The molecule has 1 aromatic carbocycles. The molecule has 0 aliphatic rings. The van der Waals surface area contributed by atoms with E-state index in [9.17, 15) is 4.79 Å². The highest BCUT2D eigenvalue weighted by Gasteiger charge is 1.99. The van der Waals surface area contributed by atoms with Gasteiger partial charge in [-0.15, -0.1) is 0 Å². The number of primary amides is 1. The van der Waals surface area contributed by atoms with Gasteiger partial charge in [-0.3, -0.25) is 4.79 Å². The van der Waals surface area contributed by atoms with Crippen molar-refractivity contribution in [3.63, 3.8) is 0 Å². The van der Waals surface area contributed by atoms with E-state index in [4.69, 9.17) is 11.0 Å². The van der Waals surface area contributed by atoms with Gasteiger partial charge < -0.3 is 11.1 Å². The van der Waals surface area contributed by atoms with Crippen LogP contribution < -0.4 is 11.1 Å². The van der Waals surface area contributed by atoms with Crippen molar-refractivity contribution < 1.29 is 4.79 Å². The molecule has 0 heterocycles. The Kier molecular flexibility index (Phi) is 4.17. The molecular weight excluding hydrogens is 190 g/mol. The van der Waals surface area contributed by atoms with Gasteiger partial charge in [0.05, 0.1) is 11.3 Å². The molecule has 0 fully saturated rings. The Morgan fingerprint density at radius 2 is 2.20 bits per heavy atom. The van der Waals surface area contributed by atoms with Crippen LogP contribution in [-0.2, 0) is 4.79 Å². The highest BCUT2D eigenvalue weighted by molar-refractivity contribution is 5.73. The van der Waals surface area contributed by atoms with Crippen molar-refractivity contribution in [2.24, 2.45) is 5.73 Å². The molecule has 0 saturated heterocycles. The van der Waals surface area contributed by atoms with Crippen LogP contribution in [0.1, 0.15) is 18.4 Å². The van der Waals surface area contributed by atoms with Gasteiger partial charge in [-0.25, -0.2) is 0 Å². The van der Waals surface area contributed by atoms with Crippen LogP contribution in [0.15, 0.2) is 24.3 Å². The quantitative estimate of drug-likeness (QED) is 0.706. The lowest BCUT2D eigenvalue weighted by Gasteiger charge is -2.06. The third-order valence-electron chi connectivity index (χ3n) is 1.96. The summed E-state index contributed by atoms with van der Waals surface area (Å²) in [5.41, 5.74) is 6.41. The summed E-state index contributed by atoms with van der Waals surface area (Å²) in [6.45, 7) is 0.641. The number of hydrogen-bond acceptors (Lipinski definition) is 3. The van der Waals surface area contributed by atoms with Crippen LogP contribution >= 0.6 is 0 Å². The van der Waals surface area contributed by atoms with Gasteiger partial charge in [0.25, 0.3) is 0 Å². The van der Waals surface area contributed by atoms with Gasteiger partial charge in [0, 0.05) is 13.0 Å². The van der Waals surface area contributed by atoms with Crippen molar-refractivity contribution in [3.8, 4) is 6.07 Å². The standard InChI is InChI=1S/C11H13N3O/c12-8-9-4-1-2-5-10(9)14-7-3-6-11(13)15/h1-2,4-5,14H,3,6-7H2,(H2,13,15). The summed E-state index contributed by atoms with van der Waals surface area (Å²) in [5.74, 6) is -0.301. The summed E-state index contributed by atoms with van der Waals surface area (Å²) in [6, 6.07) is 9.34. The van der Waals surface area contributed by atoms with E-state index in [0.29, 0.717) is 24.9 Å². The average Bonchev–Trinajstić information content (AvgIpc) is 2.24. The number of rotatable bonds is 5. The molecule has 0 radical (unpaired) electrons. The predicted molar refractivity (Wildman–Crippen MR) is 58.1 cm³/mol. The van der Waals surface area contributed by atoms with Crippen molar-refractivity contribution in [1.82, 2.24) is 0 Å². The minimum atomic E-state index is -0.301. The number of anilines is 1. The Labute approximate surface area is 88.7 Å². The van der Waals surface area contributed by atoms with Crippen LogP contribution in [0.4, 0.5) is 5.69 Å². The Morgan fingerprint density at radius 1 is 1.47 bits per heavy atom. The first-order valence-electron chi connectivity index (χ1n) is 4.75. The molecule has 1 aromatic rings. The van der Waals surface area contributed by atoms with E-state index in [0.717, 1.165) is 5.69 Å². The Morgan fingerprint density at radius 3 is 2.87 bits per heavy atom. The van der Waals surface area contributed by atoms with Gasteiger partial charge in [-0.1, -0.05) is 12.1 Å². The lowest BCUT2D eigenvalue weighted by atomic mass is 10.2. The first-order valence-corrected chi connectivity index (χ1v) is 4.75. The van der Waals surface area contributed by atoms with Crippen molar-refractivity contribution in [3.05, 3.63) is 29.8 Å². The molecule has 0 aliphatic carbocycles. The number of benzene rings is 1. The van der Waals surface area contributed by atoms with E-state index in [1.807, 2.05) is 18.2 Å². The molecule has 0 atom stereocenters. The number of carbonyl (C=O) groups is 1. The number of hydrogen-bond donors (Lipinski definition) is 2. The number of para-hydroxylation sites is 1. The van der Waals surface area contributed by atoms with E-state index in [1.54, 1.807) is 6.07 Å². The van der Waals surface area contributed by atoms with Gasteiger partial charge in [0.1, 0.15) is 6.07 Å². The maximum Gasteiger partial charge on any atom is 0.217 e. The molecule has 4 nitrogen and oxygen atoms in total. The van der Waals surface area contributed by atoms with Gasteiger partial charge in [0.2, 0.25) is 5.91 Å². The smallest absolute Gasteiger partial charge is 0.217 e. The van der Waals surface area contributed by atoms with Crippen LogP contribution in [0.2, 0.25) is 0 Å². The van der Waals surface area contributed by atoms with Crippen molar-refractivity contribution >= 4 is 11.6 Å². The fourth-order valence-electron chi connectivity index (χ4n) is 1.22. The zero-order valence-electron chi connectivity index (χ0n) is 8.36. The monoisotopic (exact) mass is 203 g/mol. The molecule has 3 N–H and O–H groups in total. The summed E-state index contributed by atoms with van der Waals surface area (Å²) in [5, 5.41) is 11.9. The SMILES string of the molecule is N#Cc1ccccc1NCCCC(N)=O. The Bertz CT molecular complexity index is 382. The maximum atomic E-state index is 10.5. The van der Waals surface area contributed by atoms with E-state index in [2.05, 4.69) is 11.4 Å². The van der Waals surface area contributed by atoms with Crippen LogP contribution in [0.5, 0.6) is 0 Å². The first-order chi connectivity index (χ1) is 7.24. The lowest BCUT2D eigenvalue weighted by Crippen LogP contribution is -2.12. The van der Waals surface area contributed by atoms with Crippen LogP contribution in [0.3, 0.4) is 0 Å². The predicted octanol–water partition coefficient (Wildman–Crippen LogP) is 1.24. The van der Waals surface area contributed by atoms with Crippen LogP contribution in [0.25, 0.3) is 0 Å². The number of nitrogens with two attached hydrogens (primary N) is 1. The summed E-state index contributed by atoms with van der Waals surface area (Å²) in [4.78, 5) is 10.5. The molecule has 0 spiro atoms. The number of nitriles is 1. The zero-order chi connectivity index (χ0) is 11.1. The van der Waals surface area contributed by atoms with Crippen molar-refractivity contribution in [1.29, 1.82) is 5.26 Å². The number of nitrogens with one attached hydrogen (secondary N) is 1. The van der Waals surface area contributed by atoms with Gasteiger partial charge in [0.15, 0.2) is 0 Å². The molecule has 0 aliphatic heterocycles.